The molecule has 28 heavy (non-hydrogen) atoms. The van der Waals surface area contributed by atoms with Crippen LogP contribution in [0.3, 0.4) is 0 Å². The van der Waals surface area contributed by atoms with Crippen molar-refractivity contribution in [3.63, 3.8) is 0 Å². The molecule has 0 aliphatic carbocycles. The largest absolute Gasteiger partial charge is 0.444 e. The molecule has 0 radical (unpaired) electrons. The number of nitrogens with zero attached hydrogens (tertiary/aromatic N) is 3. The summed E-state index contributed by atoms with van der Waals surface area (Å²) in [5.74, 6) is -0.828. The van der Waals surface area contributed by atoms with Crippen LogP contribution in [0, 0.1) is 11.3 Å². The zero-order valence-corrected chi connectivity index (χ0v) is 15.4. The van der Waals surface area contributed by atoms with Gasteiger partial charge in [0.25, 0.3) is 5.56 Å². The van der Waals surface area contributed by atoms with Gasteiger partial charge < -0.3 is 4.74 Å². The van der Waals surface area contributed by atoms with Crippen LogP contribution >= 0.6 is 0 Å². The average Bonchev–Trinajstić information content (AvgIpc) is 2.70. The lowest BCUT2D eigenvalue weighted by molar-refractivity contribution is 0.0437. The minimum atomic E-state index is -0.989. The number of ether oxygens (including phenoxy) is 1. The molecule has 142 valence electrons. The summed E-state index contributed by atoms with van der Waals surface area (Å²) in [5, 5.41) is 8.89. The van der Waals surface area contributed by atoms with Crippen molar-refractivity contribution in [3.05, 3.63) is 62.8 Å². The van der Waals surface area contributed by atoms with E-state index in [2.05, 4.69) is 9.97 Å². The standard InChI is InChI=1S/C20H18N4O4/c1-3-9-24-17-16(18(25)23-20(24)27)14(19(26)28-12(2)11-21)10-15(22-17)13-7-5-4-6-8-13/h4-8,10,12H,3,9H2,1-2H3,(H,23,25,27). The Bertz CT molecular complexity index is 1190. The van der Waals surface area contributed by atoms with Gasteiger partial charge in [0.1, 0.15) is 6.07 Å². The van der Waals surface area contributed by atoms with Crippen molar-refractivity contribution in [2.45, 2.75) is 32.9 Å². The van der Waals surface area contributed by atoms with Gasteiger partial charge in [0.15, 0.2) is 11.8 Å². The highest BCUT2D eigenvalue weighted by molar-refractivity contribution is 6.03. The van der Waals surface area contributed by atoms with Crippen LogP contribution in [0.2, 0.25) is 0 Å². The lowest BCUT2D eigenvalue weighted by atomic mass is 10.1. The third-order valence-electron chi connectivity index (χ3n) is 4.15. The molecule has 0 spiro atoms. The summed E-state index contributed by atoms with van der Waals surface area (Å²) in [6.07, 6.45) is -0.361. The maximum atomic E-state index is 12.7. The number of carbonyl (C=O) groups excluding carboxylic acids is 1. The Balaban J connectivity index is 2.38. The summed E-state index contributed by atoms with van der Waals surface area (Å²) in [6, 6.07) is 12.3. The molecule has 0 aliphatic rings. The third kappa shape index (κ3) is 3.55. The number of aromatic amines is 1. The number of aryl methyl sites for hydroxylation is 1. The molecular formula is C20H18N4O4. The monoisotopic (exact) mass is 378 g/mol. The molecule has 0 aliphatic heterocycles. The highest BCUT2D eigenvalue weighted by Gasteiger charge is 2.22. The number of esters is 1. The molecule has 1 aromatic carbocycles. The molecule has 2 heterocycles. The first-order valence-corrected chi connectivity index (χ1v) is 8.80. The van der Waals surface area contributed by atoms with E-state index in [1.165, 1.54) is 17.6 Å². The molecule has 8 heteroatoms. The molecule has 1 atom stereocenters. The molecular weight excluding hydrogens is 360 g/mol. The quantitative estimate of drug-likeness (QED) is 0.680. The normalized spacial score (nSPS) is 11.8. The van der Waals surface area contributed by atoms with Gasteiger partial charge in [0.05, 0.1) is 16.6 Å². The first kappa shape index (κ1) is 19.0. The summed E-state index contributed by atoms with van der Waals surface area (Å²) >= 11 is 0. The molecule has 0 saturated heterocycles. The first-order valence-electron chi connectivity index (χ1n) is 8.80. The van der Waals surface area contributed by atoms with Gasteiger partial charge in [-0.3, -0.25) is 14.3 Å². The second-order valence-corrected chi connectivity index (χ2v) is 6.21. The number of fused-ring (bicyclic) bond motifs is 1. The van der Waals surface area contributed by atoms with Crippen LogP contribution in [-0.4, -0.2) is 26.6 Å². The van der Waals surface area contributed by atoms with Gasteiger partial charge in [0.2, 0.25) is 0 Å². The van der Waals surface area contributed by atoms with E-state index in [1.807, 2.05) is 31.2 Å². The van der Waals surface area contributed by atoms with Crippen LogP contribution in [0.1, 0.15) is 30.6 Å². The number of rotatable bonds is 5. The average molecular weight is 378 g/mol. The fraction of sp³-hybridized carbons (Fsp3) is 0.250. The van der Waals surface area contributed by atoms with E-state index in [-0.39, 0.29) is 16.6 Å². The zero-order valence-electron chi connectivity index (χ0n) is 15.4. The lowest BCUT2D eigenvalue weighted by Gasteiger charge is -2.13. The van der Waals surface area contributed by atoms with Crippen molar-refractivity contribution in [2.24, 2.45) is 0 Å². The molecule has 0 amide bonds. The fourth-order valence-electron chi connectivity index (χ4n) is 2.87. The molecule has 8 nitrogen and oxygen atoms in total. The van der Waals surface area contributed by atoms with Gasteiger partial charge in [-0.25, -0.2) is 14.6 Å². The molecule has 1 N–H and O–H groups in total. The minimum absolute atomic E-state index is 0.0390. The van der Waals surface area contributed by atoms with Crippen LogP contribution in [0.5, 0.6) is 0 Å². The Morgan fingerprint density at radius 3 is 2.68 bits per heavy atom. The summed E-state index contributed by atoms with van der Waals surface area (Å²) in [6.45, 7) is 3.63. The Morgan fingerprint density at radius 1 is 1.32 bits per heavy atom. The number of pyridine rings is 1. The highest BCUT2D eigenvalue weighted by Crippen LogP contribution is 2.23. The fourth-order valence-corrected chi connectivity index (χ4v) is 2.87. The number of carbonyl (C=O) groups is 1. The Hall–Kier alpha value is -3.73. The topological polar surface area (TPSA) is 118 Å². The summed E-state index contributed by atoms with van der Waals surface area (Å²) in [5.41, 5.74) is -0.134. The van der Waals surface area contributed by atoms with Gasteiger partial charge in [-0.1, -0.05) is 37.3 Å². The number of nitrogens with one attached hydrogen (secondary N) is 1. The number of H-pyrrole nitrogens is 1. The van der Waals surface area contributed by atoms with Crippen LogP contribution < -0.4 is 11.2 Å². The van der Waals surface area contributed by atoms with Gasteiger partial charge in [0, 0.05) is 12.1 Å². The van der Waals surface area contributed by atoms with E-state index in [9.17, 15) is 14.4 Å². The van der Waals surface area contributed by atoms with E-state index in [4.69, 9.17) is 10.00 Å². The van der Waals surface area contributed by atoms with E-state index >= 15 is 0 Å². The minimum Gasteiger partial charge on any atom is -0.444 e. The van der Waals surface area contributed by atoms with Crippen molar-refractivity contribution in [1.29, 1.82) is 5.26 Å². The molecule has 1 unspecified atom stereocenters. The van der Waals surface area contributed by atoms with Gasteiger partial charge in [-0.15, -0.1) is 0 Å². The third-order valence-corrected chi connectivity index (χ3v) is 4.15. The summed E-state index contributed by atoms with van der Waals surface area (Å²) in [4.78, 5) is 44.2. The van der Waals surface area contributed by atoms with Gasteiger partial charge in [-0.2, -0.15) is 5.26 Å². The lowest BCUT2D eigenvalue weighted by Crippen LogP contribution is -2.32. The van der Waals surface area contributed by atoms with Gasteiger partial charge >= 0.3 is 11.7 Å². The van der Waals surface area contributed by atoms with Crippen molar-refractivity contribution >= 4 is 17.0 Å². The Morgan fingerprint density at radius 2 is 2.04 bits per heavy atom. The van der Waals surface area contributed by atoms with Crippen LogP contribution in [0.4, 0.5) is 0 Å². The maximum Gasteiger partial charge on any atom is 0.340 e. The smallest absolute Gasteiger partial charge is 0.340 e. The van der Waals surface area contributed by atoms with Crippen molar-refractivity contribution in [3.8, 4) is 17.3 Å². The van der Waals surface area contributed by atoms with Crippen LogP contribution in [-0.2, 0) is 11.3 Å². The van der Waals surface area contributed by atoms with Crippen LogP contribution in [0.15, 0.2) is 46.0 Å². The van der Waals surface area contributed by atoms with Crippen molar-refractivity contribution in [1.82, 2.24) is 14.5 Å². The number of hydrogen-bond donors (Lipinski definition) is 1. The predicted octanol–water partition coefficient (Wildman–Crippen LogP) is 2.23. The molecule has 3 aromatic rings. The Labute approximate surface area is 160 Å². The number of hydrogen-bond acceptors (Lipinski definition) is 6. The number of benzene rings is 1. The molecule has 0 bridgehead atoms. The second kappa shape index (κ2) is 7.88. The summed E-state index contributed by atoms with van der Waals surface area (Å²) < 4.78 is 6.43. The van der Waals surface area contributed by atoms with Crippen LogP contribution in [0.25, 0.3) is 22.3 Å². The Kier molecular flexibility index (Phi) is 5.36. The second-order valence-electron chi connectivity index (χ2n) is 6.21. The first-order chi connectivity index (χ1) is 13.5. The molecule has 2 aromatic heterocycles. The highest BCUT2D eigenvalue weighted by atomic mass is 16.5. The van der Waals surface area contributed by atoms with E-state index in [1.54, 1.807) is 12.1 Å². The zero-order chi connectivity index (χ0) is 20.3. The van der Waals surface area contributed by atoms with Crippen molar-refractivity contribution < 1.29 is 9.53 Å². The molecule has 0 fully saturated rings. The van der Waals surface area contributed by atoms with E-state index < -0.39 is 23.3 Å². The predicted molar refractivity (Wildman–Crippen MR) is 103 cm³/mol. The van der Waals surface area contributed by atoms with Crippen molar-refractivity contribution in [2.75, 3.05) is 0 Å². The number of aromatic nitrogens is 3. The number of nitriles is 1. The maximum absolute atomic E-state index is 12.7. The van der Waals surface area contributed by atoms with E-state index in [0.717, 1.165) is 0 Å². The summed E-state index contributed by atoms with van der Waals surface area (Å²) in [7, 11) is 0. The van der Waals surface area contributed by atoms with E-state index in [0.29, 0.717) is 24.2 Å². The molecule has 0 saturated carbocycles. The molecule has 3 rings (SSSR count). The SMILES string of the molecule is CCCn1c(=O)[nH]c(=O)c2c(C(=O)OC(C)C#N)cc(-c3ccccc3)nc21. The van der Waals surface area contributed by atoms with Gasteiger partial charge in [-0.05, 0) is 19.4 Å².